The maximum absolute atomic E-state index is 12.8. The number of carbonyl (C=O) groups is 2. The summed E-state index contributed by atoms with van der Waals surface area (Å²) in [7, 11) is 0. The van der Waals surface area contributed by atoms with E-state index in [0.29, 0.717) is 45.0 Å². The zero-order valence-corrected chi connectivity index (χ0v) is 26.9. The molecule has 1 aliphatic heterocycles. The number of hydrogen-bond acceptors (Lipinski definition) is 4. The van der Waals surface area contributed by atoms with Gasteiger partial charge in [0.25, 0.3) is 0 Å². The highest BCUT2D eigenvalue weighted by molar-refractivity contribution is 5.96. The van der Waals surface area contributed by atoms with Crippen molar-refractivity contribution in [2.45, 2.75) is 131 Å². The van der Waals surface area contributed by atoms with Crippen molar-refractivity contribution in [2.24, 2.45) is 56.7 Å². The molecule has 1 heterocycles. The molecule has 228 valence electrons. The third-order valence-electron chi connectivity index (χ3n) is 15.0. The van der Waals surface area contributed by atoms with Gasteiger partial charge in [0.1, 0.15) is 12.1 Å². The van der Waals surface area contributed by atoms with E-state index >= 15 is 0 Å². The van der Waals surface area contributed by atoms with Crippen LogP contribution in [0.3, 0.4) is 0 Å². The van der Waals surface area contributed by atoms with E-state index in [1.807, 2.05) is 26.8 Å². The number of rotatable bonds is 5. The molecule has 1 saturated heterocycles. The minimum Gasteiger partial charge on any atom is -0.461 e. The number of ether oxygens (including phenoxy) is 1. The highest BCUT2D eigenvalue weighted by Crippen LogP contribution is 2.89. The van der Waals surface area contributed by atoms with Crippen LogP contribution in [0.2, 0.25) is 0 Å². The molecular formula is C36H55NO4. The zero-order valence-electron chi connectivity index (χ0n) is 26.9. The van der Waals surface area contributed by atoms with E-state index in [1.165, 1.54) is 51.4 Å². The van der Waals surface area contributed by atoms with E-state index in [9.17, 15) is 14.7 Å². The maximum atomic E-state index is 12.8. The molecule has 12 atom stereocenters. The van der Waals surface area contributed by atoms with Gasteiger partial charge >= 0.3 is 5.97 Å². The molecule has 41 heavy (non-hydrogen) atoms. The van der Waals surface area contributed by atoms with Crippen molar-refractivity contribution in [3.8, 4) is 0 Å². The van der Waals surface area contributed by atoms with Crippen LogP contribution < -0.4 is 5.32 Å². The molecule has 12 unspecified atom stereocenters. The number of carbonyl (C=O) groups excluding carboxylic acids is 2. The van der Waals surface area contributed by atoms with Gasteiger partial charge in [-0.1, -0.05) is 59.8 Å². The molecule has 6 rings (SSSR count). The van der Waals surface area contributed by atoms with Gasteiger partial charge < -0.3 is 15.2 Å². The molecule has 1 amide bonds. The van der Waals surface area contributed by atoms with Crippen molar-refractivity contribution >= 4 is 11.9 Å². The highest BCUT2D eigenvalue weighted by Gasteiger charge is 2.82. The van der Waals surface area contributed by atoms with Crippen LogP contribution in [0.1, 0.15) is 113 Å². The van der Waals surface area contributed by atoms with Crippen LogP contribution in [-0.2, 0) is 14.3 Å². The van der Waals surface area contributed by atoms with Crippen molar-refractivity contribution in [3.05, 3.63) is 23.8 Å². The van der Waals surface area contributed by atoms with E-state index in [0.717, 1.165) is 12.3 Å². The quantitative estimate of drug-likeness (QED) is 0.214. The number of allylic oxidation sites excluding steroid dienone is 3. The first kappa shape index (κ1) is 29.5. The van der Waals surface area contributed by atoms with Crippen LogP contribution in [-0.4, -0.2) is 35.2 Å². The predicted octanol–water partition coefficient (Wildman–Crippen LogP) is 6.99. The van der Waals surface area contributed by atoms with Gasteiger partial charge in [0.15, 0.2) is 0 Å². The minimum absolute atomic E-state index is 0.0290. The van der Waals surface area contributed by atoms with E-state index in [1.54, 1.807) is 0 Å². The van der Waals surface area contributed by atoms with Gasteiger partial charge in [-0.15, -0.1) is 0 Å². The van der Waals surface area contributed by atoms with Crippen LogP contribution in [0.25, 0.3) is 0 Å². The molecule has 0 radical (unpaired) electrons. The monoisotopic (exact) mass is 565 g/mol. The SMILES string of the molecule is CC(=CC=CC(C)C1CCC2(C)C3CCC4C(C)(C)C(O)CCC45CC35CCC12C)C(=O)NC1C(=O)OC(C)C1C. The summed E-state index contributed by atoms with van der Waals surface area (Å²) in [5, 5.41) is 13.8. The Balaban J connectivity index is 1.14. The summed E-state index contributed by atoms with van der Waals surface area (Å²) < 4.78 is 5.28. The molecule has 2 spiro atoms. The molecule has 2 N–H and O–H groups in total. The van der Waals surface area contributed by atoms with Gasteiger partial charge in [0.05, 0.1) is 6.10 Å². The van der Waals surface area contributed by atoms with Gasteiger partial charge in [0.2, 0.25) is 5.91 Å². The predicted molar refractivity (Wildman–Crippen MR) is 162 cm³/mol. The van der Waals surface area contributed by atoms with Crippen LogP contribution in [0.15, 0.2) is 23.8 Å². The Hall–Kier alpha value is -1.62. The number of hydrogen-bond donors (Lipinski definition) is 2. The lowest BCUT2D eigenvalue weighted by atomic mass is 9.42. The first-order valence-electron chi connectivity index (χ1n) is 16.7. The summed E-state index contributed by atoms with van der Waals surface area (Å²) in [4.78, 5) is 24.9. The topological polar surface area (TPSA) is 75.6 Å². The second-order valence-electron chi connectivity index (χ2n) is 16.6. The Labute approximate surface area is 248 Å². The minimum atomic E-state index is -0.570. The number of aliphatic hydroxyl groups is 1. The fourth-order valence-corrected chi connectivity index (χ4v) is 12.1. The second-order valence-corrected chi connectivity index (χ2v) is 16.6. The van der Waals surface area contributed by atoms with Crippen molar-refractivity contribution in [2.75, 3.05) is 0 Å². The summed E-state index contributed by atoms with van der Waals surface area (Å²) in [6.07, 6.45) is 17.6. The Kier molecular flexibility index (Phi) is 6.78. The van der Waals surface area contributed by atoms with Crippen LogP contribution in [0.5, 0.6) is 0 Å². The van der Waals surface area contributed by atoms with Crippen molar-refractivity contribution in [1.82, 2.24) is 5.32 Å². The normalized spacial score (nSPS) is 50.8. The molecule has 0 bridgehead atoms. The molecule has 5 heteroatoms. The summed E-state index contributed by atoms with van der Waals surface area (Å²) >= 11 is 0. The zero-order chi connectivity index (χ0) is 29.8. The standard InChI is InChI=1S/C36H55NO4/c1-21(10-9-11-22(2)30(39)37-29-23(3)24(4)41-31(29)40)25-14-16-34(8)27-13-12-26-32(5,6)28(38)15-17-35(26)20-36(27,35)19-18-33(25,34)7/h9-11,21,23-29,38H,12-20H2,1-8H3,(H,37,39). The fourth-order valence-electron chi connectivity index (χ4n) is 12.1. The number of amides is 1. The third-order valence-corrected chi connectivity index (χ3v) is 15.0. The van der Waals surface area contributed by atoms with Gasteiger partial charge in [-0.2, -0.15) is 0 Å². The largest absolute Gasteiger partial charge is 0.461 e. The van der Waals surface area contributed by atoms with E-state index in [4.69, 9.17) is 4.74 Å². The fraction of sp³-hybridized carbons (Fsp3) is 0.833. The van der Waals surface area contributed by atoms with Gasteiger partial charge in [-0.25, -0.2) is 4.79 Å². The second kappa shape index (κ2) is 9.44. The first-order chi connectivity index (χ1) is 19.1. The average molecular weight is 566 g/mol. The molecular weight excluding hydrogens is 510 g/mol. The molecule has 5 nitrogen and oxygen atoms in total. The Bertz CT molecular complexity index is 1170. The van der Waals surface area contributed by atoms with Gasteiger partial charge in [-0.05, 0) is 122 Å². The maximum Gasteiger partial charge on any atom is 0.329 e. The van der Waals surface area contributed by atoms with Crippen molar-refractivity contribution in [3.63, 3.8) is 0 Å². The lowest BCUT2D eigenvalue weighted by Crippen LogP contribution is -2.57. The number of esters is 1. The van der Waals surface area contributed by atoms with E-state index < -0.39 is 6.04 Å². The lowest BCUT2D eigenvalue weighted by Gasteiger charge is -2.63. The lowest BCUT2D eigenvalue weighted by molar-refractivity contribution is -0.160. The van der Waals surface area contributed by atoms with Gasteiger partial charge in [-0.3, -0.25) is 4.79 Å². The number of cyclic esters (lactones) is 1. The molecule has 5 saturated carbocycles. The molecule has 0 aromatic carbocycles. The highest BCUT2D eigenvalue weighted by atomic mass is 16.6. The summed E-state index contributed by atoms with van der Waals surface area (Å²) in [5.41, 5.74) is 2.38. The third kappa shape index (κ3) is 3.88. The Morgan fingerprint density at radius 2 is 1.66 bits per heavy atom. The molecule has 6 aliphatic rings. The molecule has 6 fully saturated rings. The van der Waals surface area contributed by atoms with E-state index in [-0.39, 0.29) is 35.4 Å². The Morgan fingerprint density at radius 1 is 0.976 bits per heavy atom. The molecule has 0 aromatic heterocycles. The number of nitrogens with one attached hydrogen (secondary N) is 1. The average Bonchev–Trinajstić information content (AvgIpc) is 3.41. The van der Waals surface area contributed by atoms with E-state index in [2.05, 4.69) is 52.1 Å². The van der Waals surface area contributed by atoms with Crippen LogP contribution in [0, 0.1) is 56.7 Å². The molecule has 5 aliphatic carbocycles. The van der Waals surface area contributed by atoms with Crippen LogP contribution in [0.4, 0.5) is 0 Å². The van der Waals surface area contributed by atoms with Crippen molar-refractivity contribution in [1.29, 1.82) is 0 Å². The number of aliphatic hydroxyl groups excluding tert-OH is 1. The van der Waals surface area contributed by atoms with Crippen molar-refractivity contribution < 1.29 is 19.4 Å². The summed E-state index contributed by atoms with van der Waals surface area (Å²) in [6, 6.07) is -0.570. The van der Waals surface area contributed by atoms with Crippen LogP contribution >= 0.6 is 0 Å². The Morgan fingerprint density at radius 3 is 2.34 bits per heavy atom. The first-order valence-corrected chi connectivity index (χ1v) is 16.7. The summed E-state index contributed by atoms with van der Waals surface area (Å²) in [5.74, 6) is 2.03. The molecule has 0 aromatic rings. The smallest absolute Gasteiger partial charge is 0.329 e. The van der Waals surface area contributed by atoms with Gasteiger partial charge in [0, 0.05) is 11.5 Å². The summed E-state index contributed by atoms with van der Waals surface area (Å²) in [6.45, 7) is 18.0. The number of fused-ring (bicyclic) bond motifs is 2.